The summed E-state index contributed by atoms with van der Waals surface area (Å²) < 4.78 is 41.9. The summed E-state index contributed by atoms with van der Waals surface area (Å²) in [7, 11) is 0. The second-order valence-electron chi connectivity index (χ2n) is 10.1. The van der Waals surface area contributed by atoms with Crippen molar-refractivity contribution >= 4 is 43.7 Å². The molecular weight excluding hydrogens is 686 g/mol. The van der Waals surface area contributed by atoms with Crippen LogP contribution in [0.4, 0.5) is 8.78 Å². The first kappa shape index (κ1) is 30.8. The maximum atomic E-state index is 14.5. The van der Waals surface area contributed by atoms with Crippen LogP contribution in [0.3, 0.4) is 0 Å². The maximum Gasteiger partial charge on any atom is 0.252 e. The lowest BCUT2D eigenvalue weighted by molar-refractivity contribution is -0.129. The Morgan fingerprint density at radius 2 is 1.63 bits per heavy atom. The van der Waals surface area contributed by atoms with Crippen molar-refractivity contribution < 1.29 is 28.2 Å². The second kappa shape index (κ2) is 13.8. The molecule has 0 saturated carbocycles. The highest BCUT2D eigenvalue weighted by molar-refractivity contribution is 9.10. The summed E-state index contributed by atoms with van der Waals surface area (Å²) in [5, 5.41) is 11.9. The second-order valence-corrected chi connectivity index (χ2v) is 11.9. The van der Waals surface area contributed by atoms with E-state index in [0.29, 0.717) is 24.3 Å². The molecule has 1 aliphatic heterocycles. The molecule has 0 aromatic heterocycles. The van der Waals surface area contributed by atoms with Crippen molar-refractivity contribution in [3.05, 3.63) is 134 Å². The molecule has 1 heterocycles. The summed E-state index contributed by atoms with van der Waals surface area (Å²) >= 11 is 6.93. The number of hydrogen-bond acceptors (Lipinski definition) is 5. The van der Waals surface area contributed by atoms with Gasteiger partial charge in [-0.15, -0.1) is 0 Å². The molecule has 0 spiro atoms. The van der Waals surface area contributed by atoms with Gasteiger partial charge < -0.3 is 19.9 Å². The van der Waals surface area contributed by atoms with Crippen LogP contribution in [0.1, 0.15) is 34.8 Å². The highest BCUT2D eigenvalue weighted by Gasteiger charge is 2.53. The lowest BCUT2D eigenvalue weighted by Crippen LogP contribution is -2.49. The maximum absolute atomic E-state index is 14.5. The minimum absolute atomic E-state index is 0.0382. The molecule has 5 rings (SSSR count). The van der Waals surface area contributed by atoms with Gasteiger partial charge in [-0.2, -0.15) is 0 Å². The predicted molar refractivity (Wildman–Crippen MR) is 167 cm³/mol. The number of halogens is 4. The highest BCUT2D eigenvalue weighted by Crippen LogP contribution is 2.43. The molecule has 0 fully saturated rings. The number of carbonyl (C=O) groups is 1. The molecule has 0 radical (unpaired) electrons. The van der Waals surface area contributed by atoms with Gasteiger partial charge >= 0.3 is 0 Å². The molecule has 0 aliphatic carbocycles. The van der Waals surface area contributed by atoms with E-state index < -0.39 is 29.2 Å². The number of benzene rings is 4. The molecular formula is C33H28Br2F2N2O4. The van der Waals surface area contributed by atoms with E-state index in [1.54, 1.807) is 24.3 Å². The molecule has 43 heavy (non-hydrogen) atoms. The van der Waals surface area contributed by atoms with E-state index in [9.17, 15) is 13.6 Å². The van der Waals surface area contributed by atoms with Crippen LogP contribution in [0.2, 0.25) is 0 Å². The summed E-state index contributed by atoms with van der Waals surface area (Å²) in [5.74, 6) is -1.01. The lowest BCUT2D eigenvalue weighted by Gasteiger charge is -2.31. The first-order chi connectivity index (χ1) is 20.8. The summed E-state index contributed by atoms with van der Waals surface area (Å²) in [6, 6.07) is 25.5. The number of aliphatic hydroxyl groups is 1. The summed E-state index contributed by atoms with van der Waals surface area (Å²) in [4.78, 5) is 19.2. The number of aliphatic imine (C=N–C) groups is 1. The first-order valence-corrected chi connectivity index (χ1v) is 15.2. The number of rotatable bonds is 11. The van der Waals surface area contributed by atoms with Crippen LogP contribution in [0.5, 0.6) is 5.75 Å². The molecule has 1 aliphatic rings. The third-order valence-electron chi connectivity index (χ3n) is 7.04. The predicted octanol–water partition coefficient (Wildman–Crippen LogP) is 7.07. The summed E-state index contributed by atoms with van der Waals surface area (Å²) in [5.41, 5.74) is 0.894. The van der Waals surface area contributed by atoms with Gasteiger partial charge in [-0.3, -0.25) is 4.79 Å². The largest absolute Gasteiger partial charge is 0.494 e. The summed E-state index contributed by atoms with van der Waals surface area (Å²) in [6.45, 7) is 0.255. The van der Waals surface area contributed by atoms with Gasteiger partial charge in [-0.1, -0.05) is 62.2 Å². The molecule has 6 nitrogen and oxygen atoms in total. The number of carbonyl (C=O) groups excluding carboxylic acids is 1. The van der Waals surface area contributed by atoms with Crippen molar-refractivity contribution in [3.63, 3.8) is 0 Å². The highest BCUT2D eigenvalue weighted by atomic mass is 79.9. The lowest BCUT2D eigenvalue weighted by atomic mass is 9.82. The Kier molecular flexibility index (Phi) is 9.90. The molecule has 4 aromatic rings. The zero-order chi connectivity index (χ0) is 30.4. The van der Waals surface area contributed by atoms with E-state index in [1.807, 2.05) is 48.5 Å². The Hall–Kier alpha value is -3.60. The van der Waals surface area contributed by atoms with E-state index in [0.717, 1.165) is 32.2 Å². The fourth-order valence-corrected chi connectivity index (χ4v) is 5.36. The van der Waals surface area contributed by atoms with Crippen LogP contribution >= 0.6 is 31.9 Å². The van der Waals surface area contributed by atoms with Crippen LogP contribution in [0.25, 0.3) is 0 Å². The van der Waals surface area contributed by atoms with Gasteiger partial charge in [-0.25, -0.2) is 13.8 Å². The molecule has 0 unspecified atom stereocenters. The Morgan fingerprint density at radius 3 is 2.28 bits per heavy atom. The molecule has 222 valence electrons. The van der Waals surface area contributed by atoms with Gasteiger partial charge in [0.2, 0.25) is 5.90 Å². The average Bonchev–Trinajstić information content (AvgIpc) is 3.39. The van der Waals surface area contributed by atoms with E-state index >= 15 is 0 Å². The van der Waals surface area contributed by atoms with E-state index in [-0.39, 0.29) is 31.0 Å². The van der Waals surface area contributed by atoms with Gasteiger partial charge in [-0.05, 0) is 65.7 Å². The van der Waals surface area contributed by atoms with E-state index in [4.69, 9.17) is 19.6 Å². The number of amides is 1. The van der Waals surface area contributed by atoms with Crippen molar-refractivity contribution in [1.29, 1.82) is 0 Å². The van der Waals surface area contributed by atoms with Gasteiger partial charge in [0.15, 0.2) is 11.6 Å². The minimum Gasteiger partial charge on any atom is -0.494 e. The van der Waals surface area contributed by atoms with Crippen molar-refractivity contribution in [3.8, 4) is 5.75 Å². The van der Waals surface area contributed by atoms with Crippen LogP contribution < -0.4 is 10.1 Å². The van der Waals surface area contributed by atoms with Crippen LogP contribution in [-0.2, 0) is 22.5 Å². The van der Waals surface area contributed by atoms with Crippen LogP contribution in [0.15, 0.2) is 105 Å². The average molecular weight is 714 g/mol. The molecule has 1 amide bonds. The quantitative estimate of drug-likeness (QED) is 0.163. The third-order valence-corrected chi connectivity index (χ3v) is 8.10. The van der Waals surface area contributed by atoms with E-state index in [2.05, 4.69) is 37.2 Å². The molecule has 2 atom stereocenters. The number of nitrogens with zero attached hydrogens (tertiary/aromatic N) is 1. The monoisotopic (exact) mass is 712 g/mol. The minimum atomic E-state index is -1.47. The van der Waals surface area contributed by atoms with Gasteiger partial charge in [0.05, 0.1) is 6.61 Å². The van der Waals surface area contributed by atoms with Crippen molar-refractivity contribution in [2.45, 2.75) is 31.0 Å². The van der Waals surface area contributed by atoms with Gasteiger partial charge in [0.1, 0.15) is 17.4 Å². The fourth-order valence-electron chi connectivity index (χ4n) is 4.83. The molecule has 2 N–H and O–H groups in total. The van der Waals surface area contributed by atoms with Crippen molar-refractivity contribution in [2.75, 3.05) is 13.2 Å². The number of nitrogens with one attached hydrogen (secondary N) is 1. The number of aliphatic hydroxyl groups excluding tert-OH is 1. The molecule has 0 saturated heterocycles. The topological polar surface area (TPSA) is 80.2 Å². The van der Waals surface area contributed by atoms with Crippen LogP contribution in [0, 0.1) is 11.6 Å². The molecule has 10 heteroatoms. The van der Waals surface area contributed by atoms with E-state index in [1.165, 1.54) is 6.07 Å². The first-order valence-electron chi connectivity index (χ1n) is 13.6. The standard InChI is InChI=1S/C33H28Br2F2N2O4/c34-25-9-2-21(3-10-25)19-33(32(41)38-20-24-6-13-27(36)18-29(24)37)30(22-4-11-26(35)12-5-22)43-31(39-33)23-7-14-28(15-8-23)42-17-1-16-40/h2-15,18,30,40H,1,16-17,19-20H2,(H,38,41)/t30-,33-/m1/s1. The normalized spacial score (nSPS) is 17.7. The van der Waals surface area contributed by atoms with Gasteiger partial charge in [0.25, 0.3) is 5.91 Å². The zero-order valence-corrected chi connectivity index (χ0v) is 26.1. The third kappa shape index (κ3) is 7.31. The smallest absolute Gasteiger partial charge is 0.252 e. The molecule has 4 aromatic carbocycles. The Bertz CT molecular complexity index is 1600. The van der Waals surface area contributed by atoms with Crippen molar-refractivity contribution in [2.24, 2.45) is 4.99 Å². The Morgan fingerprint density at radius 1 is 0.953 bits per heavy atom. The zero-order valence-electron chi connectivity index (χ0n) is 22.9. The number of hydrogen-bond donors (Lipinski definition) is 2. The SMILES string of the molecule is O=C(NCc1ccc(F)cc1F)[C@]1(Cc2ccc(Br)cc2)N=C(c2ccc(OCCCO)cc2)O[C@@H]1c1ccc(Br)cc1. The number of ether oxygens (including phenoxy) is 2. The Labute approximate surface area is 265 Å². The fraction of sp³-hybridized carbons (Fsp3) is 0.212. The van der Waals surface area contributed by atoms with Crippen LogP contribution in [-0.4, -0.2) is 35.7 Å². The van der Waals surface area contributed by atoms with Gasteiger partial charge in [0, 0.05) is 52.1 Å². The Balaban J connectivity index is 1.55. The van der Waals surface area contributed by atoms with Crippen molar-refractivity contribution in [1.82, 2.24) is 5.32 Å². The molecule has 0 bridgehead atoms. The summed E-state index contributed by atoms with van der Waals surface area (Å²) in [6.07, 6.45) is -0.121.